The Kier molecular flexibility index (Phi) is 5.27. The summed E-state index contributed by atoms with van der Waals surface area (Å²) >= 11 is 0. The van der Waals surface area contributed by atoms with Gasteiger partial charge in [-0.15, -0.1) is 0 Å². The SMILES string of the molecule is Cc1ccc([C@H](NCC(=O)NC(N)=O)c2ccccc2)cc1. The molecule has 0 saturated carbocycles. The summed E-state index contributed by atoms with van der Waals surface area (Å²) in [5.74, 6) is -0.458. The summed E-state index contributed by atoms with van der Waals surface area (Å²) in [6, 6.07) is 16.9. The van der Waals surface area contributed by atoms with Crippen LogP contribution >= 0.6 is 0 Å². The average molecular weight is 297 g/mol. The summed E-state index contributed by atoms with van der Waals surface area (Å²) in [6.07, 6.45) is 0. The lowest BCUT2D eigenvalue weighted by atomic mass is 9.98. The first-order valence-electron chi connectivity index (χ1n) is 7.00. The monoisotopic (exact) mass is 297 g/mol. The van der Waals surface area contributed by atoms with Crippen LogP contribution in [0.15, 0.2) is 54.6 Å². The van der Waals surface area contributed by atoms with Crippen molar-refractivity contribution in [2.75, 3.05) is 6.54 Å². The van der Waals surface area contributed by atoms with Crippen molar-refractivity contribution < 1.29 is 9.59 Å². The summed E-state index contributed by atoms with van der Waals surface area (Å²) in [5, 5.41) is 5.20. The summed E-state index contributed by atoms with van der Waals surface area (Å²) in [6.45, 7) is 2.02. The lowest BCUT2D eigenvalue weighted by molar-refractivity contribution is -0.119. The van der Waals surface area contributed by atoms with Crippen molar-refractivity contribution >= 4 is 11.9 Å². The van der Waals surface area contributed by atoms with Crippen LogP contribution in [0.25, 0.3) is 0 Å². The van der Waals surface area contributed by atoms with Crippen LogP contribution in [0.3, 0.4) is 0 Å². The van der Waals surface area contributed by atoms with Crippen LogP contribution in [-0.2, 0) is 4.79 Å². The van der Waals surface area contributed by atoms with E-state index in [4.69, 9.17) is 5.73 Å². The van der Waals surface area contributed by atoms with E-state index in [1.807, 2.05) is 66.8 Å². The van der Waals surface area contributed by atoms with Gasteiger partial charge in [-0.25, -0.2) is 4.79 Å². The Morgan fingerprint density at radius 2 is 1.59 bits per heavy atom. The van der Waals surface area contributed by atoms with Crippen LogP contribution in [0.5, 0.6) is 0 Å². The number of carbonyl (C=O) groups is 2. The molecule has 22 heavy (non-hydrogen) atoms. The van der Waals surface area contributed by atoms with Crippen molar-refractivity contribution in [2.45, 2.75) is 13.0 Å². The number of rotatable bonds is 5. The number of amides is 3. The minimum atomic E-state index is -0.849. The molecule has 3 amide bonds. The number of hydrogen-bond acceptors (Lipinski definition) is 3. The first-order chi connectivity index (χ1) is 10.6. The molecule has 2 aromatic rings. The molecule has 1 atom stereocenters. The van der Waals surface area contributed by atoms with Crippen molar-refractivity contribution in [1.29, 1.82) is 0 Å². The molecular formula is C17H19N3O2. The maximum absolute atomic E-state index is 11.6. The van der Waals surface area contributed by atoms with Crippen molar-refractivity contribution in [2.24, 2.45) is 5.73 Å². The van der Waals surface area contributed by atoms with Crippen molar-refractivity contribution in [3.63, 3.8) is 0 Å². The number of imide groups is 1. The van der Waals surface area contributed by atoms with E-state index in [1.165, 1.54) is 5.56 Å². The van der Waals surface area contributed by atoms with Crippen LogP contribution in [0.1, 0.15) is 22.7 Å². The zero-order chi connectivity index (χ0) is 15.9. The van der Waals surface area contributed by atoms with E-state index in [0.29, 0.717) is 0 Å². The molecule has 0 aromatic heterocycles. The number of nitrogens with one attached hydrogen (secondary N) is 2. The van der Waals surface area contributed by atoms with Gasteiger partial charge in [-0.1, -0.05) is 60.2 Å². The van der Waals surface area contributed by atoms with Crippen LogP contribution in [-0.4, -0.2) is 18.5 Å². The molecule has 5 heteroatoms. The molecule has 0 heterocycles. The van der Waals surface area contributed by atoms with E-state index < -0.39 is 11.9 Å². The number of carbonyl (C=O) groups excluding carboxylic acids is 2. The van der Waals surface area contributed by atoms with Crippen molar-refractivity contribution in [3.05, 3.63) is 71.3 Å². The third-order valence-electron chi connectivity index (χ3n) is 3.27. The van der Waals surface area contributed by atoms with E-state index >= 15 is 0 Å². The van der Waals surface area contributed by atoms with Gasteiger partial charge in [0.1, 0.15) is 0 Å². The number of urea groups is 1. The zero-order valence-corrected chi connectivity index (χ0v) is 12.4. The van der Waals surface area contributed by atoms with Gasteiger partial charge in [0.15, 0.2) is 0 Å². The largest absolute Gasteiger partial charge is 0.351 e. The average Bonchev–Trinajstić information content (AvgIpc) is 2.49. The van der Waals surface area contributed by atoms with Gasteiger partial charge >= 0.3 is 6.03 Å². The zero-order valence-electron chi connectivity index (χ0n) is 12.4. The Bertz CT molecular complexity index is 639. The van der Waals surface area contributed by atoms with Gasteiger partial charge in [-0.2, -0.15) is 0 Å². The van der Waals surface area contributed by atoms with Crippen molar-refractivity contribution in [1.82, 2.24) is 10.6 Å². The first kappa shape index (κ1) is 15.7. The third kappa shape index (κ3) is 4.43. The van der Waals surface area contributed by atoms with Crippen LogP contribution < -0.4 is 16.4 Å². The minimum absolute atomic E-state index is 0.00359. The molecule has 0 saturated heterocycles. The number of hydrogen-bond donors (Lipinski definition) is 3. The lowest BCUT2D eigenvalue weighted by Crippen LogP contribution is -2.41. The highest BCUT2D eigenvalue weighted by Gasteiger charge is 2.15. The molecule has 114 valence electrons. The highest BCUT2D eigenvalue weighted by atomic mass is 16.2. The molecule has 0 unspecified atom stereocenters. The fraction of sp³-hybridized carbons (Fsp3) is 0.176. The van der Waals surface area contributed by atoms with Gasteiger partial charge in [0.2, 0.25) is 5.91 Å². The van der Waals surface area contributed by atoms with E-state index in [-0.39, 0.29) is 12.6 Å². The fourth-order valence-electron chi connectivity index (χ4n) is 2.21. The van der Waals surface area contributed by atoms with Gasteiger partial charge in [-0.3, -0.25) is 15.4 Å². The normalized spacial score (nSPS) is 11.7. The van der Waals surface area contributed by atoms with Crippen molar-refractivity contribution in [3.8, 4) is 0 Å². The third-order valence-corrected chi connectivity index (χ3v) is 3.27. The topological polar surface area (TPSA) is 84.2 Å². The Morgan fingerprint density at radius 3 is 2.18 bits per heavy atom. The number of benzene rings is 2. The summed E-state index contributed by atoms with van der Waals surface area (Å²) < 4.78 is 0. The Hall–Kier alpha value is -2.66. The molecule has 2 aromatic carbocycles. The Morgan fingerprint density at radius 1 is 1.00 bits per heavy atom. The highest BCUT2D eigenvalue weighted by Crippen LogP contribution is 2.22. The van der Waals surface area contributed by atoms with Gasteiger partial charge in [0, 0.05) is 0 Å². The first-order valence-corrected chi connectivity index (χ1v) is 7.00. The second-order valence-electron chi connectivity index (χ2n) is 5.05. The summed E-state index contributed by atoms with van der Waals surface area (Å²) in [4.78, 5) is 22.3. The standard InChI is InChI=1S/C17H19N3O2/c1-12-7-9-14(10-8-12)16(13-5-3-2-4-6-13)19-11-15(21)20-17(18)22/h2-10,16,19H,11H2,1H3,(H3,18,20,21,22)/t16-/m1/s1. The fourth-order valence-corrected chi connectivity index (χ4v) is 2.21. The maximum Gasteiger partial charge on any atom is 0.318 e. The molecule has 0 radical (unpaired) electrons. The van der Waals surface area contributed by atoms with Gasteiger partial charge in [0.05, 0.1) is 12.6 Å². The molecule has 0 aliphatic rings. The minimum Gasteiger partial charge on any atom is -0.351 e. The molecule has 0 aliphatic carbocycles. The lowest BCUT2D eigenvalue weighted by Gasteiger charge is -2.19. The molecule has 0 bridgehead atoms. The smallest absolute Gasteiger partial charge is 0.318 e. The predicted octanol–water partition coefficient (Wildman–Crippen LogP) is 1.87. The van der Waals surface area contributed by atoms with Crippen LogP contribution in [0, 0.1) is 6.92 Å². The summed E-state index contributed by atoms with van der Waals surface area (Å²) in [5.41, 5.74) is 8.19. The number of nitrogens with two attached hydrogens (primary N) is 1. The number of primary amides is 1. The van der Waals surface area contributed by atoms with Gasteiger partial charge < -0.3 is 5.73 Å². The quantitative estimate of drug-likeness (QED) is 0.787. The Balaban J connectivity index is 2.17. The van der Waals surface area contributed by atoms with Gasteiger partial charge in [-0.05, 0) is 18.1 Å². The second-order valence-corrected chi connectivity index (χ2v) is 5.05. The molecule has 0 fully saturated rings. The molecule has 4 N–H and O–H groups in total. The predicted molar refractivity (Wildman–Crippen MR) is 85.2 cm³/mol. The van der Waals surface area contributed by atoms with E-state index in [2.05, 4.69) is 5.32 Å². The molecule has 5 nitrogen and oxygen atoms in total. The van der Waals surface area contributed by atoms with E-state index in [1.54, 1.807) is 0 Å². The Labute approximate surface area is 129 Å². The van der Waals surface area contributed by atoms with E-state index in [9.17, 15) is 9.59 Å². The molecule has 2 rings (SSSR count). The molecular weight excluding hydrogens is 278 g/mol. The van der Waals surface area contributed by atoms with E-state index in [0.717, 1.165) is 11.1 Å². The van der Waals surface area contributed by atoms with Crippen LogP contribution in [0.4, 0.5) is 4.79 Å². The maximum atomic E-state index is 11.6. The molecule has 0 aliphatic heterocycles. The highest BCUT2D eigenvalue weighted by molar-refractivity contribution is 5.94. The second kappa shape index (κ2) is 7.38. The van der Waals surface area contributed by atoms with Gasteiger partial charge in [0.25, 0.3) is 0 Å². The number of aryl methyl sites for hydroxylation is 1. The summed E-state index contributed by atoms with van der Waals surface area (Å²) in [7, 11) is 0. The molecule has 0 spiro atoms. The van der Waals surface area contributed by atoms with Crippen LogP contribution in [0.2, 0.25) is 0 Å².